The number of hydrogen-bond acceptors (Lipinski definition) is 6. The first-order chi connectivity index (χ1) is 14.6. The van der Waals surface area contributed by atoms with E-state index in [0.717, 1.165) is 42.2 Å². The summed E-state index contributed by atoms with van der Waals surface area (Å²) in [6.07, 6.45) is 7.12. The SMILES string of the molecule is CC.CCC1C(=O)N(C)c2cnc(Nc3ccccc3OC)nc2N1C1CCCC1. The van der Waals surface area contributed by atoms with Crippen molar-refractivity contribution < 1.29 is 9.53 Å². The molecule has 1 saturated carbocycles. The van der Waals surface area contributed by atoms with E-state index in [1.165, 1.54) is 12.8 Å². The number of fused-ring (bicyclic) bond motifs is 1. The molecule has 30 heavy (non-hydrogen) atoms. The molecule has 2 aromatic rings. The number of aromatic nitrogens is 2. The van der Waals surface area contributed by atoms with E-state index in [0.29, 0.717) is 12.0 Å². The lowest BCUT2D eigenvalue weighted by Crippen LogP contribution is -2.55. The number of carbonyl (C=O) groups excluding carboxylic acids is 1. The van der Waals surface area contributed by atoms with Gasteiger partial charge in [0.2, 0.25) is 11.9 Å². The van der Waals surface area contributed by atoms with Crippen molar-refractivity contribution in [1.82, 2.24) is 9.97 Å². The second kappa shape index (κ2) is 9.78. The monoisotopic (exact) mass is 411 g/mol. The molecule has 2 aliphatic rings. The zero-order valence-corrected chi connectivity index (χ0v) is 18.7. The van der Waals surface area contributed by atoms with Gasteiger partial charge in [-0.15, -0.1) is 0 Å². The molecule has 0 radical (unpaired) electrons. The van der Waals surface area contributed by atoms with Crippen LogP contribution in [0.4, 0.5) is 23.1 Å². The summed E-state index contributed by atoms with van der Waals surface area (Å²) < 4.78 is 5.42. The van der Waals surface area contributed by atoms with Gasteiger partial charge < -0.3 is 19.9 Å². The number of ether oxygens (including phenoxy) is 1. The molecule has 162 valence electrons. The number of methoxy groups -OCH3 is 1. The third-order valence-electron chi connectivity index (χ3n) is 5.77. The predicted molar refractivity (Wildman–Crippen MR) is 122 cm³/mol. The molecule has 2 heterocycles. The molecule has 1 N–H and O–H groups in total. The van der Waals surface area contributed by atoms with Crippen molar-refractivity contribution in [2.75, 3.05) is 29.3 Å². The normalized spacial score (nSPS) is 18.6. The number of likely N-dealkylation sites (N-methyl/N-ethyl adjacent to an activating group) is 1. The number of para-hydroxylation sites is 2. The number of nitrogens with one attached hydrogen (secondary N) is 1. The van der Waals surface area contributed by atoms with E-state index in [2.05, 4.69) is 22.1 Å². The van der Waals surface area contributed by atoms with Gasteiger partial charge in [-0.3, -0.25) is 4.79 Å². The molecule has 1 atom stereocenters. The van der Waals surface area contributed by atoms with E-state index in [-0.39, 0.29) is 11.9 Å². The van der Waals surface area contributed by atoms with Crippen LogP contribution in [0.1, 0.15) is 52.9 Å². The Morgan fingerprint density at radius 2 is 1.90 bits per heavy atom. The fourth-order valence-corrected chi connectivity index (χ4v) is 4.31. The van der Waals surface area contributed by atoms with E-state index >= 15 is 0 Å². The Hall–Kier alpha value is -2.83. The lowest BCUT2D eigenvalue weighted by atomic mass is 10.0. The summed E-state index contributed by atoms with van der Waals surface area (Å²) in [7, 11) is 3.45. The molecule has 1 aromatic carbocycles. The highest BCUT2D eigenvalue weighted by molar-refractivity contribution is 6.04. The van der Waals surface area contributed by atoms with Gasteiger partial charge >= 0.3 is 0 Å². The Labute approximate surface area is 179 Å². The van der Waals surface area contributed by atoms with Crippen molar-refractivity contribution in [3.63, 3.8) is 0 Å². The zero-order valence-electron chi connectivity index (χ0n) is 18.7. The number of carbonyl (C=O) groups is 1. The van der Waals surface area contributed by atoms with Gasteiger partial charge in [0.15, 0.2) is 5.82 Å². The van der Waals surface area contributed by atoms with Crippen molar-refractivity contribution in [3.05, 3.63) is 30.5 Å². The molecule has 1 unspecified atom stereocenters. The summed E-state index contributed by atoms with van der Waals surface area (Å²) in [5.41, 5.74) is 1.58. The highest BCUT2D eigenvalue weighted by Gasteiger charge is 2.41. The van der Waals surface area contributed by atoms with E-state index in [1.807, 2.05) is 45.2 Å². The lowest BCUT2D eigenvalue weighted by Gasteiger charge is -2.43. The average Bonchev–Trinajstić information content (AvgIpc) is 3.32. The maximum atomic E-state index is 12.9. The first kappa shape index (κ1) is 21.9. The molecule has 0 bridgehead atoms. The largest absolute Gasteiger partial charge is 0.495 e. The standard InChI is InChI=1S/C21H27N5O2.C2H6/c1-4-16-20(27)25(2)17-13-22-21(23-15-11-7-8-12-18(15)28-3)24-19(17)26(16)14-9-5-6-10-14;1-2/h7-8,11-14,16H,4-6,9-10H2,1-3H3,(H,22,23,24);1-2H3. The minimum Gasteiger partial charge on any atom is -0.495 e. The average molecular weight is 412 g/mol. The summed E-state index contributed by atoms with van der Waals surface area (Å²) in [5.74, 6) is 2.20. The molecular formula is C23H33N5O2. The van der Waals surface area contributed by atoms with Gasteiger partial charge in [-0.2, -0.15) is 4.98 Å². The lowest BCUT2D eigenvalue weighted by molar-refractivity contribution is -0.120. The number of rotatable bonds is 5. The van der Waals surface area contributed by atoms with Crippen LogP contribution in [0.3, 0.4) is 0 Å². The van der Waals surface area contributed by atoms with Crippen LogP contribution < -0.4 is 19.9 Å². The Bertz CT molecular complexity index is 866. The molecule has 4 rings (SSSR count). The molecule has 1 aromatic heterocycles. The highest BCUT2D eigenvalue weighted by Crippen LogP contribution is 2.40. The van der Waals surface area contributed by atoms with Gasteiger partial charge in [-0.25, -0.2) is 4.98 Å². The number of hydrogen-bond donors (Lipinski definition) is 1. The summed E-state index contributed by atoms with van der Waals surface area (Å²) in [4.78, 5) is 26.2. The van der Waals surface area contributed by atoms with Gasteiger partial charge in [0.25, 0.3) is 0 Å². The number of anilines is 4. The quantitative estimate of drug-likeness (QED) is 0.765. The third-order valence-corrected chi connectivity index (χ3v) is 5.77. The van der Waals surface area contributed by atoms with Crippen molar-refractivity contribution in [2.45, 2.75) is 65.0 Å². The topological polar surface area (TPSA) is 70.6 Å². The van der Waals surface area contributed by atoms with E-state index in [9.17, 15) is 4.79 Å². The van der Waals surface area contributed by atoms with Crippen LogP contribution in [0.15, 0.2) is 30.5 Å². The van der Waals surface area contributed by atoms with Crippen LogP contribution in [0.5, 0.6) is 5.75 Å². The highest BCUT2D eigenvalue weighted by atomic mass is 16.5. The summed E-state index contributed by atoms with van der Waals surface area (Å²) in [6, 6.07) is 7.87. The van der Waals surface area contributed by atoms with Crippen LogP contribution in [-0.2, 0) is 4.79 Å². The Balaban J connectivity index is 0.00000124. The molecule has 7 heteroatoms. The maximum Gasteiger partial charge on any atom is 0.249 e. The molecule has 1 aliphatic heterocycles. The predicted octanol–water partition coefficient (Wildman–Crippen LogP) is 4.76. The Morgan fingerprint density at radius 3 is 2.57 bits per heavy atom. The van der Waals surface area contributed by atoms with Crippen molar-refractivity contribution >= 4 is 29.0 Å². The van der Waals surface area contributed by atoms with Gasteiger partial charge in [0, 0.05) is 13.1 Å². The van der Waals surface area contributed by atoms with Gasteiger partial charge in [0.1, 0.15) is 17.5 Å². The Morgan fingerprint density at radius 1 is 1.20 bits per heavy atom. The van der Waals surface area contributed by atoms with Crippen molar-refractivity contribution in [2.24, 2.45) is 0 Å². The smallest absolute Gasteiger partial charge is 0.249 e. The minimum atomic E-state index is -0.172. The van der Waals surface area contributed by atoms with Crippen LogP contribution in [0.25, 0.3) is 0 Å². The second-order valence-corrected chi connectivity index (χ2v) is 7.39. The minimum absolute atomic E-state index is 0.121. The van der Waals surface area contributed by atoms with E-state index < -0.39 is 0 Å². The first-order valence-corrected chi connectivity index (χ1v) is 11.0. The molecule has 1 aliphatic carbocycles. The molecule has 1 amide bonds. The molecule has 0 spiro atoms. The number of benzene rings is 1. The molecule has 7 nitrogen and oxygen atoms in total. The van der Waals surface area contributed by atoms with Crippen molar-refractivity contribution in [3.8, 4) is 5.75 Å². The van der Waals surface area contributed by atoms with E-state index in [1.54, 1.807) is 18.2 Å². The molecule has 1 fully saturated rings. The summed E-state index contributed by atoms with van der Waals surface area (Å²) in [5, 5.41) is 3.27. The van der Waals surface area contributed by atoms with Gasteiger partial charge in [0.05, 0.1) is 19.0 Å². The summed E-state index contributed by atoms with van der Waals surface area (Å²) >= 11 is 0. The first-order valence-electron chi connectivity index (χ1n) is 11.0. The van der Waals surface area contributed by atoms with E-state index in [4.69, 9.17) is 9.72 Å². The van der Waals surface area contributed by atoms with Gasteiger partial charge in [-0.1, -0.05) is 45.7 Å². The number of amides is 1. The maximum absolute atomic E-state index is 12.9. The summed E-state index contributed by atoms with van der Waals surface area (Å²) in [6.45, 7) is 6.07. The molecular weight excluding hydrogens is 378 g/mol. The third kappa shape index (κ3) is 4.06. The second-order valence-electron chi connectivity index (χ2n) is 7.39. The van der Waals surface area contributed by atoms with Crippen LogP contribution in [0.2, 0.25) is 0 Å². The van der Waals surface area contributed by atoms with Gasteiger partial charge in [-0.05, 0) is 31.4 Å². The van der Waals surface area contributed by atoms with Crippen LogP contribution in [-0.4, -0.2) is 42.1 Å². The van der Waals surface area contributed by atoms with Crippen LogP contribution >= 0.6 is 0 Å². The fourth-order valence-electron chi connectivity index (χ4n) is 4.31. The van der Waals surface area contributed by atoms with Crippen molar-refractivity contribution in [1.29, 1.82) is 0 Å². The Kier molecular flexibility index (Phi) is 7.13. The molecule has 0 saturated heterocycles. The fraction of sp³-hybridized carbons (Fsp3) is 0.522. The van der Waals surface area contributed by atoms with Crippen LogP contribution in [0, 0.1) is 0 Å². The number of nitrogens with zero attached hydrogens (tertiary/aromatic N) is 4. The zero-order chi connectivity index (χ0) is 21.7.